The third kappa shape index (κ3) is 4.40. The first kappa shape index (κ1) is 14.0. The quantitative estimate of drug-likeness (QED) is 0.685. The summed E-state index contributed by atoms with van der Waals surface area (Å²) >= 11 is 0. The fraction of sp³-hybridized carbons (Fsp3) is 0.417. The largest absolute Gasteiger partial charge is 0.369 e. The van der Waals surface area contributed by atoms with Gasteiger partial charge in [0, 0.05) is 25.2 Å². The van der Waals surface area contributed by atoms with Gasteiger partial charge in [0.15, 0.2) is 0 Å². The van der Waals surface area contributed by atoms with Crippen molar-refractivity contribution in [3.63, 3.8) is 0 Å². The number of nitrogens with two attached hydrogens (primary N) is 1. The maximum absolute atomic E-state index is 11.4. The average molecular weight is 250 g/mol. The molecule has 98 valence electrons. The van der Waals surface area contributed by atoms with Crippen molar-refractivity contribution in [2.75, 3.05) is 11.9 Å². The molecule has 6 nitrogen and oxygen atoms in total. The van der Waals surface area contributed by atoms with Crippen LogP contribution < -0.4 is 16.4 Å². The Labute approximate surface area is 106 Å². The van der Waals surface area contributed by atoms with Crippen molar-refractivity contribution in [1.29, 1.82) is 0 Å². The van der Waals surface area contributed by atoms with Crippen molar-refractivity contribution in [3.05, 3.63) is 23.9 Å². The van der Waals surface area contributed by atoms with Gasteiger partial charge in [-0.1, -0.05) is 0 Å². The standard InChI is InChI=1S/C12H18N4O2/c1-8(2)16-10(17)5-7-15-12-9(11(13)18)4-3-6-14-12/h3-4,6,8H,5,7H2,1-2H3,(H2,13,18)(H,14,15)(H,16,17). The van der Waals surface area contributed by atoms with Gasteiger partial charge in [-0.25, -0.2) is 4.98 Å². The first-order valence-corrected chi connectivity index (χ1v) is 5.78. The summed E-state index contributed by atoms with van der Waals surface area (Å²) in [7, 11) is 0. The molecule has 0 unspecified atom stereocenters. The Morgan fingerprint density at radius 2 is 2.17 bits per heavy atom. The van der Waals surface area contributed by atoms with E-state index >= 15 is 0 Å². The zero-order valence-corrected chi connectivity index (χ0v) is 10.6. The van der Waals surface area contributed by atoms with Gasteiger partial charge in [-0.3, -0.25) is 9.59 Å². The molecule has 4 N–H and O–H groups in total. The smallest absolute Gasteiger partial charge is 0.252 e. The number of carbonyl (C=O) groups excluding carboxylic acids is 2. The lowest BCUT2D eigenvalue weighted by Crippen LogP contribution is -2.31. The Balaban J connectivity index is 2.49. The Kier molecular flexibility index (Phi) is 5.10. The minimum atomic E-state index is -0.544. The summed E-state index contributed by atoms with van der Waals surface area (Å²) in [6, 6.07) is 3.34. The van der Waals surface area contributed by atoms with E-state index in [4.69, 9.17) is 5.73 Å². The lowest BCUT2D eigenvalue weighted by Gasteiger charge is -2.10. The van der Waals surface area contributed by atoms with E-state index in [1.165, 1.54) is 0 Å². The number of nitrogens with zero attached hydrogens (tertiary/aromatic N) is 1. The molecule has 1 aromatic heterocycles. The van der Waals surface area contributed by atoms with Crippen LogP contribution in [0, 0.1) is 0 Å². The number of primary amides is 1. The van der Waals surface area contributed by atoms with Crippen LogP contribution >= 0.6 is 0 Å². The molecule has 1 heterocycles. The minimum Gasteiger partial charge on any atom is -0.369 e. The summed E-state index contributed by atoms with van der Waals surface area (Å²) in [4.78, 5) is 26.5. The number of rotatable bonds is 6. The van der Waals surface area contributed by atoms with Crippen molar-refractivity contribution in [1.82, 2.24) is 10.3 Å². The first-order chi connectivity index (χ1) is 8.50. The number of carbonyl (C=O) groups is 2. The van der Waals surface area contributed by atoms with Gasteiger partial charge in [0.05, 0.1) is 5.56 Å². The van der Waals surface area contributed by atoms with Gasteiger partial charge >= 0.3 is 0 Å². The third-order valence-electron chi connectivity index (χ3n) is 2.17. The zero-order valence-electron chi connectivity index (χ0n) is 10.6. The molecule has 0 saturated carbocycles. The molecule has 0 aliphatic rings. The SMILES string of the molecule is CC(C)NC(=O)CCNc1ncccc1C(N)=O. The van der Waals surface area contributed by atoms with Gasteiger partial charge < -0.3 is 16.4 Å². The topological polar surface area (TPSA) is 97.1 Å². The van der Waals surface area contributed by atoms with Gasteiger partial charge in [0.2, 0.25) is 5.91 Å². The van der Waals surface area contributed by atoms with Crippen LogP contribution in [0.3, 0.4) is 0 Å². The molecule has 0 aliphatic carbocycles. The van der Waals surface area contributed by atoms with Gasteiger partial charge in [-0.05, 0) is 26.0 Å². The number of nitrogens with one attached hydrogen (secondary N) is 2. The van der Waals surface area contributed by atoms with E-state index in [1.54, 1.807) is 18.3 Å². The fourth-order valence-electron chi connectivity index (χ4n) is 1.43. The third-order valence-corrected chi connectivity index (χ3v) is 2.17. The lowest BCUT2D eigenvalue weighted by atomic mass is 10.2. The van der Waals surface area contributed by atoms with Gasteiger partial charge in [-0.15, -0.1) is 0 Å². The highest BCUT2D eigenvalue weighted by Gasteiger charge is 2.09. The number of pyridine rings is 1. The number of hydrogen-bond acceptors (Lipinski definition) is 4. The molecule has 0 spiro atoms. The first-order valence-electron chi connectivity index (χ1n) is 5.78. The average Bonchev–Trinajstić information content (AvgIpc) is 2.28. The molecule has 0 aliphatic heterocycles. The Hall–Kier alpha value is -2.11. The van der Waals surface area contributed by atoms with Crippen LogP contribution in [-0.2, 0) is 4.79 Å². The second-order valence-electron chi connectivity index (χ2n) is 4.16. The number of hydrogen-bond donors (Lipinski definition) is 3. The normalized spacial score (nSPS) is 10.2. The molecule has 0 atom stereocenters. The molecule has 18 heavy (non-hydrogen) atoms. The van der Waals surface area contributed by atoms with Gasteiger partial charge in [0.1, 0.15) is 5.82 Å². The maximum atomic E-state index is 11.4. The van der Waals surface area contributed by atoms with E-state index in [1.807, 2.05) is 13.8 Å². The van der Waals surface area contributed by atoms with Crippen LogP contribution in [0.1, 0.15) is 30.6 Å². The molecule has 0 saturated heterocycles. The summed E-state index contributed by atoms with van der Waals surface area (Å²) in [6.45, 7) is 4.19. The fourth-order valence-corrected chi connectivity index (χ4v) is 1.43. The monoisotopic (exact) mass is 250 g/mol. The van der Waals surface area contributed by atoms with Gasteiger partial charge in [-0.2, -0.15) is 0 Å². The Bertz CT molecular complexity index is 432. The van der Waals surface area contributed by atoms with Gasteiger partial charge in [0.25, 0.3) is 5.91 Å². The number of aromatic nitrogens is 1. The van der Waals surface area contributed by atoms with E-state index in [0.717, 1.165) is 0 Å². The van der Waals surface area contributed by atoms with Crippen molar-refractivity contribution in [2.24, 2.45) is 5.73 Å². The van der Waals surface area contributed by atoms with Crippen LogP contribution in [0.2, 0.25) is 0 Å². The highest BCUT2D eigenvalue weighted by atomic mass is 16.2. The number of anilines is 1. The number of amides is 2. The Morgan fingerprint density at radius 3 is 2.78 bits per heavy atom. The summed E-state index contributed by atoms with van der Waals surface area (Å²) < 4.78 is 0. The van der Waals surface area contributed by atoms with Crippen LogP contribution in [-0.4, -0.2) is 29.4 Å². The van der Waals surface area contributed by atoms with Crippen LogP contribution in [0.5, 0.6) is 0 Å². The zero-order chi connectivity index (χ0) is 13.5. The van der Waals surface area contributed by atoms with Crippen LogP contribution in [0.25, 0.3) is 0 Å². The molecule has 0 aromatic carbocycles. The van der Waals surface area contributed by atoms with Crippen LogP contribution in [0.4, 0.5) is 5.82 Å². The van der Waals surface area contributed by atoms with E-state index in [0.29, 0.717) is 24.3 Å². The van der Waals surface area contributed by atoms with Crippen molar-refractivity contribution < 1.29 is 9.59 Å². The maximum Gasteiger partial charge on any atom is 0.252 e. The molecular weight excluding hydrogens is 232 g/mol. The van der Waals surface area contributed by atoms with Crippen molar-refractivity contribution >= 4 is 17.6 Å². The molecule has 1 aromatic rings. The molecule has 0 bridgehead atoms. The van der Waals surface area contributed by atoms with E-state index < -0.39 is 5.91 Å². The second-order valence-corrected chi connectivity index (χ2v) is 4.16. The molecule has 0 radical (unpaired) electrons. The summed E-state index contributed by atoms with van der Waals surface area (Å²) in [6.07, 6.45) is 1.87. The van der Waals surface area contributed by atoms with E-state index in [-0.39, 0.29) is 11.9 Å². The highest BCUT2D eigenvalue weighted by Crippen LogP contribution is 2.09. The summed E-state index contributed by atoms with van der Waals surface area (Å²) in [5.74, 6) is -0.186. The summed E-state index contributed by atoms with van der Waals surface area (Å²) in [5.41, 5.74) is 5.53. The van der Waals surface area contributed by atoms with E-state index in [9.17, 15) is 9.59 Å². The highest BCUT2D eigenvalue weighted by molar-refractivity contribution is 5.97. The molecule has 1 rings (SSSR count). The summed E-state index contributed by atoms with van der Waals surface area (Å²) in [5, 5.41) is 5.70. The van der Waals surface area contributed by atoms with E-state index in [2.05, 4.69) is 15.6 Å². The molecular formula is C12H18N4O2. The second kappa shape index (κ2) is 6.58. The Morgan fingerprint density at radius 1 is 1.44 bits per heavy atom. The molecule has 6 heteroatoms. The van der Waals surface area contributed by atoms with Crippen molar-refractivity contribution in [3.8, 4) is 0 Å². The minimum absolute atomic E-state index is 0.0472. The predicted octanol–water partition coefficient (Wildman–Crippen LogP) is 0.507. The predicted molar refractivity (Wildman–Crippen MR) is 69.1 cm³/mol. The molecule has 0 fully saturated rings. The van der Waals surface area contributed by atoms with Crippen molar-refractivity contribution in [2.45, 2.75) is 26.3 Å². The van der Waals surface area contributed by atoms with Crippen LogP contribution in [0.15, 0.2) is 18.3 Å². The molecule has 2 amide bonds. The lowest BCUT2D eigenvalue weighted by molar-refractivity contribution is -0.121.